The van der Waals surface area contributed by atoms with Gasteiger partial charge in [0, 0.05) is 29.7 Å². The van der Waals surface area contributed by atoms with E-state index in [2.05, 4.69) is 28.5 Å². The van der Waals surface area contributed by atoms with Crippen LogP contribution in [0.4, 0.5) is 10.8 Å². The molecule has 1 aromatic heterocycles. The predicted molar refractivity (Wildman–Crippen MR) is 78.3 cm³/mol. The molecule has 0 atom stereocenters. The largest absolute Gasteiger partial charge is 0.492 e. The van der Waals surface area contributed by atoms with E-state index in [-0.39, 0.29) is 0 Å². The summed E-state index contributed by atoms with van der Waals surface area (Å²) in [6, 6.07) is 7.70. The highest BCUT2D eigenvalue weighted by atomic mass is 32.1. The Morgan fingerprint density at radius 3 is 2.63 bits per heavy atom. The molecule has 2 rings (SSSR count). The first-order valence-electron chi connectivity index (χ1n) is 6.22. The van der Waals surface area contributed by atoms with Gasteiger partial charge in [-0.1, -0.05) is 13.8 Å². The fourth-order valence-corrected chi connectivity index (χ4v) is 2.18. The molecule has 0 spiro atoms. The van der Waals surface area contributed by atoms with Gasteiger partial charge in [0.15, 0.2) is 0 Å². The number of benzene rings is 1. The minimum atomic E-state index is 0.346. The fraction of sp³-hybridized carbons (Fsp3) is 0.385. The van der Waals surface area contributed by atoms with E-state index in [1.807, 2.05) is 24.3 Å². The molecule has 0 fully saturated rings. The number of nitrogens with two attached hydrogens (primary N) is 1. The molecule has 0 aliphatic rings. The van der Waals surface area contributed by atoms with Gasteiger partial charge < -0.3 is 15.8 Å². The second kappa shape index (κ2) is 6.49. The van der Waals surface area contributed by atoms with Gasteiger partial charge in [-0.25, -0.2) is 4.98 Å². The molecule has 102 valence electrons. The van der Waals surface area contributed by atoms with Crippen molar-refractivity contribution < 1.29 is 4.74 Å². The highest BCUT2D eigenvalue weighted by molar-refractivity contribution is 7.09. The van der Waals surface area contributed by atoms with Crippen LogP contribution < -0.4 is 15.8 Å². The molecule has 1 heterocycles. The maximum atomic E-state index is 5.42. The summed E-state index contributed by atoms with van der Waals surface area (Å²) in [5.74, 6) is 2.03. The summed E-state index contributed by atoms with van der Waals surface area (Å²) >= 11 is 1.37. The van der Waals surface area contributed by atoms with Gasteiger partial charge in [-0.15, -0.1) is 0 Å². The molecule has 0 aliphatic heterocycles. The van der Waals surface area contributed by atoms with Crippen molar-refractivity contribution in [2.45, 2.75) is 19.8 Å². The summed E-state index contributed by atoms with van der Waals surface area (Å²) in [6.07, 6.45) is 0. The zero-order valence-electron chi connectivity index (χ0n) is 11.1. The molecule has 0 unspecified atom stereocenters. The van der Waals surface area contributed by atoms with Crippen LogP contribution >= 0.6 is 11.5 Å². The van der Waals surface area contributed by atoms with Gasteiger partial charge in [0.2, 0.25) is 5.13 Å². The SMILES string of the molecule is CC(C)c1nsc(Nc2ccc(OCCN)cc2)n1. The van der Waals surface area contributed by atoms with E-state index in [0.717, 1.165) is 22.4 Å². The molecule has 19 heavy (non-hydrogen) atoms. The lowest BCUT2D eigenvalue weighted by molar-refractivity contribution is 0.328. The Hall–Kier alpha value is -1.66. The fourth-order valence-electron chi connectivity index (χ4n) is 1.45. The van der Waals surface area contributed by atoms with Crippen LogP contribution in [0.2, 0.25) is 0 Å². The Morgan fingerprint density at radius 2 is 2.05 bits per heavy atom. The number of aromatic nitrogens is 2. The number of hydrogen-bond acceptors (Lipinski definition) is 6. The maximum absolute atomic E-state index is 5.42. The van der Waals surface area contributed by atoms with Crippen molar-refractivity contribution >= 4 is 22.4 Å². The summed E-state index contributed by atoms with van der Waals surface area (Å²) in [5.41, 5.74) is 6.35. The van der Waals surface area contributed by atoms with E-state index in [1.165, 1.54) is 11.5 Å². The average Bonchev–Trinajstić information content (AvgIpc) is 2.87. The number of hydrogen-bond donors (Lipinski definition) is 2. The maximum Gasteiger partial charge on any atom is 0.207 e. The van der Waals surface area contributed by atoms with Crippen LogP contribution in [-0.4, -0.2) is 22.5 Å². The smallest absolute Gasteiger partial charge is 0.207 e. The number of nitrogens with zero attached hydrogens (tertiary/aromatic N) is 2. The minimum absolute atomic E-state index is 0.346. The molecule has 5 nitrogen and oxygen atoms in total. The third-order valence-corrected chi connectivity index (χ3v) is 3.09. The van der Waals surface area contributed by atoms with Gasteiger partial charge >= 0.3 is 0 Å². The molecule has 0 amide bonds. The normalized spacial score (nSPS) is 10.7. The zero-order chi connectivity index (χ0) is 13.7. The van der Waals surface area contributed by atoms with E-state index in [0.29, 0.717) is 19.1 Å². The molecule has 0 bridgehead atoms. The zero-order valence-corrected chi connectivity index (χ0v) is 11.9. The quantitative estimate of drug-likeness (QED) is 0.850. The standard InChI is InChI=1S/C13H18N4OS/c1-9(2)12-16-13(19-17-12)15-10-3-5-11(6-4-10)18-8-7-14/h3-6,9H,7-8,14H2,1-2H3,(H,15,16,17). The molecule has 2 aromatic rings. The van der Waals surface area contributed by atoms with Crippen LogP contribution in [-0.2, 0) is 0 Å². The molecule has 0 saturated heterocycles. The summed E-state index contributed by atoms with van der Waals surface area (Å²) in [7, 11) is 0. The first-order chi connectivity index (χ1) is 9.19. The molecule has 6 heteroatoms. The van der Waals surface area contributed by atoms with Crippen molar-refractivity contribution in [2.75, 3.05) is 18.5 Å². The van der Waals surface area contributed by atoms with Gasteiger partial charge in [0.05, 0.1) is 0 Å². The average molecular weight is 278 g/mol. The van der Waals surface area contributed by atoms with Crippen LogP contribution in [0.3, 0.4) is 0 Å². The Labute approximate surface area is 117 Å². The van der Waals surface area contributed by atoms with E-state index < -0.39 is 0 Å². The van der Waals surface area contributed by atoms with Gasteiger partial charge in [-0.3, -0.25) is 0 Å². The predicted octanol–water partition coefficient (Wildman–Crippen LogP) is 2.74. The molecular weight excluding hydrogens is 260 g/mol. The second-order valence-corrected chi connectivity index (χ2v) is 5.15. The number of nitrogens with one attached hydrogen (secondary N) is 1. The van der Waals surface area contributed by atoms with Gasteiger partial charge in [-0.05, 0) is 24.3 Å². The second-order valence-electron chi connectivity index (χ2n) is 4.40. The van der Waals surface area contributed by atoms with Crippen molar-refractivity contribution in [3.05, 3.63) is 30.1 Å². The minimum Gasteiger partial charge on any atom is -0.492 e. The molecule has 1 aromatic carbocycles. The Morgan fingerprint density at radius 1 is 1.32 bits per heavy atom. The Balaban J connectivity index is 1.98. The third kappa shape index (κ3) is 3.90. The van der Waals surface area contributed by atoms with Crippen molar-refractivity contribution in [3.8, 4) is 5.75 Å². The molecule has 0 aliphatic carbocycles. The van der Waals surface area contributed by atoms with Crippen molar-refractivity contribution in [1.29, 1.82) is 0 Å². The summed E-state index contributed by atoms with van der Waals surface area (Å²) < 4.78 is 9.72. The van der Waals surface area contributed by atoms with Gasteiger partial charge in [0.25, 0.3) is 0 Å². The first-order valence-corrected chi connectivity index (χ1v) is 7.00. The van der Waals surface area contributed by atoms with E-state index in [9.17, 15) is 0 Å². The van der Waals surface area contributed by atoms with Crippen molar-refractivity contribution in [2.24, 2.45) is 5.73 Å². The molecule has 3 N–H and O–H groups in total. The lowest BCUT2D eigenvalue weighted by atomic mass is 10.2. The van der Waals surface area contributed by atoms with Crippen molar-refractivity contribution in [3.63, 3.8) is 0 Å². The van der Waals surface area contributed by atoms with Crippen LogP contribution in [0.15, 0.2) is 24.3 Å². The summed E-state index contributed by atoms with van der Waals surface area (Å²) in [6.45, 7) is 5.20. The third-order valence-electron chi connectivity index (χ3n) is 2.45. The van der Waals surface area contributed by atoms with Crippen LogP contribution in [0.25, 0.3) is 0 Å². The number of anilines is 2. The Kier molecular flexibility index (Phi) is 4.70. The van der Waals surface area contributed by atoms with Crippen LogP contribution in [0.5, 0.6) is 5.75 Å². The highest BCUT2D eigenvalue weighted by Gasteiger charge is 2.07. The van der Waals surface area contributed by atoms with E-state index in [4.69, 9.17) is 10.5 Å². The van der Waals surface area contributed by atoms with Gasteiger partial charge in [-0.2, -0.15) is 4.37 Å². The van der Waals surface area contributed by atoms with E-state index >= 15 is 0 Å². The topological polar surface area (TPSA) is 73.1 Å². The highest BCUT2D eigenvalue weighted by Crippen LogP contribution is 2.23. The van der Waals surface area contributed by atoms with Gasteiger partial charge in [0.1, 0.15) is 18.2 Å². The lowest BCUT2D eigenvalue weighted by Crippen LogP contribution is -2.10. The molecular formula is C13H18N4OS. The van der Waals surface area contributed by atoms with E-state index in [1.54, 1.807) is 0 Å². The van der Waals surface area contributed by atoms with Crippen LogP contribution in [0, 0.1) is 0 Å². The number of rotatable bonds is 6. The molecule has 0 radical (unpaired) electrons. The first kappa shape index (κ1) is 13.8. The number of ether oxygens (including phenoxy) is 1. The summed E-state index contributed by atoms with van der Waals surface area (Å²) in [5, 5.41) is 4.03. The Bertz CT molecular complexity index is 510. The van der Waals surface area contributed by atoms with Crippen LogP contribution in [0.1, 0.15) is 25.6 Å². The summed E-state index contributed by atoms with van der Waals surface area (Å²) in [4.78, 5) is 4.43. The molecule has 0 saturated carbocycles. The van der Waals surface area contributed by atoms with Crippen molar-refractivity contribution in [1.82, 2.24) is 9.36 Å². The lowest BCUT2D eigenvalue weighted by Gasteiger charge is -2.06. The monoisotopic (exact) mass is 278 g/mol.